The van der Waals surface area contributed by atoms with Gasteiger partial charge >= 0.3 is 0 Å². The van der Waals surface area contributed by atoms with Crippen molar-refractivity contribution in [1.82, 2.24) is 0 Å². The molecule has 1 aliphatic carbocycles. The topological polar surface area (TPSA) is 43.1 Å². The van der Waals surface area contributed by atoms with Crippen LogP contribution < -0.4 is 0 Å². The normalized spacial score (nSPS) is 38.5. The SMILES string of the molecule is CC1CCC([N+](=O)[O-])CC1Cl. The first-order chi connectivity index (χ1) is 5.11. The maximum absolute atomic E-state index is 10.4. The molecule has 0 aromatic carbocycles. The van der Waals surface area contributed by atoms with Gasteiger partial charge in [-0.3, -0.25) is 10.1 Å². The smallest absolute Gasteiger partial charge is 0.214 e. The molecule has 0 bridgehead atoms. The fraction of sp³-hybridized carbons (Fsp3) is 1.00. The predicted molar refractivity (Wildman–Crippen MR) is 43.4 cm³/mol. The Hall–Kier alpha value is -0.310. The molecule has 0 radical (unpaired) electrons. The molecule has 11 heavy (non-hydrogen) atoms. The van der Waals surface area contributed by atoms with Gasteiger partial charge in [0.15, 0.2) is 0 Å². The minimum atomic E-state index is -0.395. The largest absolute Gasteiger partial charge is 0.264 e. The van der Waals surface area contributed by atoms with E-state index in [1.165, 1.54) is 0 Å². The molecule has 3 nitrogen and oxygen atoms in total. The van der Waals surface area contributed by atoms with E-state index in [0.29, 0.717) is 18.8 Å². The second kappa shape index (κ2) is 3.39. The van der Waals surface area contributed by atoms with Gasteiger partial charge in [0.25, 0.3) is 0 Å². The van der Waals surface area contributed by atoms with Crippen LogP contribution in [0.5, 0.6) is 0 Å². The minimum Gasteiger partial charge on any atom is -0.264 e. The highest BCUT2D eigenvalue weighted by Crippen LogP contribution is 2.29. The zero-order chi connectivity index (χ0) is 8.43. The summed E-state index contributed by atoms with van der Waals surface area (Å²) in [6.07, 6.45) is 2.12. The molecule has 1 aliphatic rings. The number of nitrogens with zero attached hydrogens (tertiary/aromatic N) is 1. The lowest BCUT2D eigenvalue weighted by Gasteiger charge is -2.25. The molecule has 1 fully saturated rings. The third-order valence-corrected chi connectivity index (χ3v) is 2.98. The quantitative estimate of drug-likeness (QED) is 0.350. The van der Waals surface area contributed by atoms with Gasteiger partial charge in [-0.05, 0) is 12.3 Å². The Morgan fingerprint density at radius 1 is 1.55 bits per heavy atom. The van der Waals surface area contributed by atoms with Gasteiger partial charge in [-0.2, -0.15) is 0 Å². The first-order valence-electron chi connectivity index (χ1n) is 3.89. The van der Waals surface area contributed by atoms with Crippen LogP contribution in [0.2, 0.25) is 0 Å². The maximum Gasteiger partial charge on any atom is 0.214 e. The van der Waals surface area contributed by atoms with Gasteiger partial charge in [-0.15, -0.1) is 11.6 Å². The summed E-state index contributed by atoms with van der Waals surface area (Å²) in [5.74, 6) is 0.438. The minimum absolute atomic E-state index is 0.000787. The van der Waals surface area contributed by atoms with E-state index in [9.17, 15) is 10.1 Å². The van der Waals surface area contributed by atoms with Crippen LogP contribution in [0.25, 0.3) is 0 Å². The molecule has 0 N–H and O–H groups in total. The van der Waals surface area contributed by atoms with Crippen molar-refractivity contribution < 1.29 is 4.92 Å². The van der Waals surface area contributed by atoms with Crippen molar-refractivity contribution >= 4 is 11.6 Å². The lowest BCUT2D eigenvalue weighted by atomic mass is 9.87. The highest BCUT2D eigenvalue weighted by molar-refractivity contribution is 6.20. The number of hydrogen-bond acceptors (Lipinski definition) is 2. The van der Waals surface area contributed by atoms with E-state index in [1.807, 2.05) is 6.92 Å². The molecular formula is C7H12ClNO2. The van der Waals surface area contributed by atoms with Crippen molar-refractivity contribution in [3.05, 3.63) is 10.1 Å². The van der Waals surface area contributed by atoms with Crippen molar-refractivity contribution in [2.75, 3.05) is 0 Å². The molecular weight excluding hydrogens is 166 g/mol. The van der Waals surface area contributed by atoms with Crippen molar-refractivity contribution in [2.45, 2.75) is 37.6 Å². The molecule has 64 valence electrons. The monoisotopic (exact) mass is 177 g/mol. The predicted octanol–water partition coefficient (Wildman–Crippen LogP) is 2.06. The van der Waals surface area contributed by atoms with Crippen molar-refractivity contribution in [2.24, 2.45) is 5.92 Å². The van der Waals surface area contributed by atoms with Crippen LogP contribution >= 0.6 is 11.6 Å². The Bertz CT molecular complexity index is 163. The number of alkyl halides is 1. The van der Waals surface area contributed by atoms with Gasteiger partial charge in [-0.25, -0.2) is 0 Å². The van der Waals surface area contributed by atoms with E-state index in [-0.39, 0.29) is 10.3 Å². The zero-order valence-electron chi connectivity index (χ0n) is 6.50. The van der Waals surface area contributed by atoms with Gasteiger partial charge in [0.1, 0.15) is 0 Å². The van der Waals surface area contributed by atoms with E-state index in [1.54, 1.807) is 0 Å². The molecule has 3 unspecified atom stereocenters. The Morgan fingerprint density at radius 2 is 2.18 bits per heavy atom. The first kappa shape index (κ1) is 8.78. The Balaban J connectivity index is 2.46. The third-order valence-electron chi connectivity index (χ3n) is 2.37. The van der Waals surface area contributed by atoms with Crippen LogP contribution in [0.4, 0.5) is 0 Å². The second-order valence-corrected chi connectivity index (χ2v) is 3.81. The van der Waals surface area contributed by atoms with Gasteiger partial charge < -0.3 is 0 Å². The summed E-state index contributed by atoms with van der Waals surface area (Å²) < 4.78 is 0. The Labute approximate surface area is 70.9 Å². The molecule has 4 heteroatoms. The van der Waals surface area contributed by atoms with Gasteiger partial charge in [0, 0.05) is 23.1 Å². The molecule has 1 saturated carbocycles. The lowest BCUT2D eigenvalue weighted by molar-refractivity contribution is -0.526. The summed E-state index contributed by atoms with van der Waals surface area (Å²) in [4.78, 5) is 10.1. The molecule has 0 saturated heterocycles. The first-order valence-corrected chi connectivity index (χ1v) is 4.32. The van der Waals surface area contributed by atoms with Gasteiger partial charge in [0.05, 0.1) is 0 Å². The van der Waals surface area contributed by atoms with Crippen LogP contribution in [0.1, 0.15) is 26.2 Å². The van der Waals surface area contributed by atoms with Gasteiger partial charge in [-0.1, -0.05) is 6.92 Å². The summed E-state index contributed by atoms with van der Waals surface area (Å²) in [5.41, 5.74) is 0. The van der Waals surface area contributed by atoms with E-state index in [0.717, 1.165) is 6.42 Å². The lowest BCUT2D eigenvalue weighted by Crippen LogP contribution is -2.32. The van der Waals surface area contributed by atoms with Crippen LogP contribution in [0.3, 0.4) is 0 Å². The average Bonchev–Trinajstić information content (AvgIpc) is 1.94. The van der Waals surface area contributed by atoms with Crippen LogP contribution in [-0.4, -0.2) is 16.3 Å². The molecule has 0 aromatic heterocycles. The zero-order valence-corrected chi connectivity index (χ0v) is 7.25. The fourth-order valence-corrected chi connectivity index (χ4v) is 1.77. The van der Waals surface area contributed by atoms with Crippen LogP contribution in [0, 0.1) is 16.0 Å². The van der Waals surface area contributed by atoms with E-state index < -0.39 is 6.04 Å². The molecule has 1 rings (SSSR count). The van der Waals surface area contributed by atoms with E-state index >= 15 is 0 Å². The van der Waals surface area contributed by atoms with Crippen LogP contribution in [-0.2, 0) is 0 Å². The summed E-state index contributed by atoms with van der Waals surface area (Å²) in [5, 5.41) is 10.4. The van der Waals surface area contributed by atoms with Crippen LogP contribution in [0.15, 0.2) is 0 Å². The highest BCUT2D eigenvalue weighted by atomic mass is 35.5. The summed E-state index contributed by atoms with van der Waals surface area (Å²) in [6.45, 7) is 2.05. The molecule has 0 heterocycles. The third kappa shape index (κ3) is 2.06. The highest BCUT2D eigenvalue weighted by Gasteiger charge is 2.32. The standard InChI is InChI=1S/C7H12ClNO2/c1-5-2-3-6(9(10)11)4-7(5)8/h5-7H,2-4H2,1H3. The van der Waals surface area contributed by atoms with Crippen molar-refractivity contribution in [3.63, 3.8) is 0 Å². The fourth-order valence-electron chi connectivity index (χ4n) is 1.44. The molecule has 0 aliphatic heterocycles. The summed E-state index contributed by atoms with van der Waals surface area (Å²) in [7, 11) is 0. The molecule has 0 aromatic rings. The second-order valence-electron chi connectivity index (χ2n) is 3.25. The maximum atomic E-state index is 10.4. The summed E-state index contributed by atoms with van der Waals surface area (Å²) in [6, 6.07) is -0.395. The molecule has 3 atom stereocenters. The van der Waals surface area contributed by atoms with E-state index in [4.69, 9.17) is 11.6 Å². The Kier molecular flexibility index (Phi) is 2.71. The molecule has 0 amide bonds. The van der Waals surface area contributed by atoms with Crippen molar-refractivity contribution in [3.8, 4) is 0 Å². The Morgan fingerprint density at radius 3 is 2.64 bits per heavy atom. The molecule has 0 spiro atoms. The van der Waals surface area contributed by atoms with E-state index in [2.05, 4.69) is 0 Å². The number of halogens is 1. The average molecular weight is 178 g/mol. The number of nitro groups is 1. The van der Waals surface area contributed by atoms with Gasteiger partial charge in [0.2, 0.25) is 6.04 Å². The summed E-state index contributed by atoms with van der Waals surface area (Å²) >= 11 is 5.90. The number of rotatable bonds is 1. The number of hydrogen-bond donors (Lipinski definition) is 0. The van der Waals surface area contributed by atoms with Crippen molar-refractivity contribution in [1.29, 1.82) is 0 Å².